The summed E-state index contributed by atoms with van der Waals surface area (Å²) in [5, 5.41) is 16.7. The van der Waals surface area contributed by atoms with E-state index in [9.17, 15) is 9.59 Å². The minimum atomic E-state index is -0.496. The molecule has 3 rings (SSSR count). The van der Waals surface area contributed by atoms with Gasteiger partial charge in [0.1, 0.15) is 17.5 Å². The number of nitrogens with one attached hydrogen (secondary N) is 2. The zero-order valence-corrected chi connectivity index (χ0v) is 13.6. The molecule has 1 aromatic rings. The molecule has 1 aromatic heterocycles. The second kappa shape index (κ2) is 5.08. The maximum atomic E-state index is 12.4. The first-order chi connectivity index (χ1) is 10.3. The monoisotopic (exact) mass is 322 g/mol. The highest BCUT2D eigenvalue weighted by Gasteiger charge is 2.63. The number of hydrogen-bond acceptors (Lipinski definition) is 6. The van der Waals surface area contributed by atoms with Crippen LogP contribution in [-0.2, 0) is 9.59 Å². The Balaban J connectivity index is 1.79. The van der Waals surface area contributed by atoms with Crippen molar-refractivity contribution in [2.45, 2.75) is 49.9 Å². The molecular weight excluding hydrogens is 304 g/mol. The van der Waals surface area contributed by atoms with Crippen LogP contribution >= 0.6 is 11.8 Å². The van der Waals surface area contributed by atoms with Crippen molar-refractivity contribution in [1.82, 2.24) is 30.8 Å². The van der Waals surface area contributed by atoms with Crippen LogP contribution in [0.2, 0.25) is 0 Å². The van der Waals surface area contributed by atoms with Crippen LogP contribution in [0, 0.1) is 0 Å². The number of β-lactam (4-membered cyclic amide) rings is 1. The number of carbonyl (C=O) groups is 2. The molecule has 118 valence electrons. The molecule has 2 saturated heterocycles. The molecule has 8 nitrogen and oxygen atoms in total. The summed E-state index contributed by atoms with van der Waals surface area (Å²) in [5.74, 6) is 0.162. The van der Waals surface area contributed by atoms with Gasteiger partial charge in [-0.3, -0.25) is 9.59 Å². The first-order valence-electron chi connectivity index (χ1n) is 7.00. The highest BCUT2D eigenvalue weighted by Crippen LogP contribution is 2.56. The van der Waals surface area contributed by atoms with E-state index >= 15 is 0 Å². The van der Waals surface area contributed by atoms with Crippen LogP contribution in [0.3, 0.4) is 0 Å². The lowest BCUT2D eigenvalue weighted by atomic mass is 9.95. The Hall–Kier alpha value is -1.90. The van der Waals surface area contributed by atoms with Gasteiger partial charge >= 0.3 is 0 Å². The molecule has 2 aliphatic heterocycles. The van der Waals surface area contributed by atoms with E-state index in [0.29, 0.717) is 5.82 Å². The van der Waals surface area contributed by atoms with Crippen LogP contribution in [0.1, 0.15) is 39.6 Å². The van der Waals surface area contributed by atoms with E-state index in [1.54, 1.807) is 16.7 Å². The molecule has 0 spiro atoms. The zero-order valence-electron chi connectivity index (χ0n) is 12.8. The fourth-order valence-electron chi connectivity index (χ4n) is 2.91. The average molecular weight is 322 g/mol. The molecule has 0 aliphatic carbocycles. The van der Waals surface area contributed by atoms with Crippen molar-refractivity contribution in [3.8, 4) is 0 Å². The number of allylic oxidation sites excluding steroid dienone is 1. The zero-order chi connectivity index (χ0) is 16.1. The number of aromatic nitrogens is 4. The van der Waals surface area contributed by atoms with Crippen molar-refractivity contribution in [2.75, 3.05) is 0 Å². The van der Waals surface area contributed by atoms with Crippen molar-refractivity contribution >= 4 is 23.6 Å². The lowest BCUT2D eigenvalue weighted by Gasteiger charge is -2.43. The Morgan fingerprint density at radius 1 is 1.45 bits per heavy atom. The smallest absolute Gasteiger partial charge is 0.249 e. The number of hydrogen-bond donors (Lipinski definition) is 2. The van der Waals surface area contributed by atoms with Gasteiger partial charge < -0.3 is 10.2 Å². The number of H-pyrrole nitrogens is 1. The quantitative estimate of drug-likeness (QED) is 0.616. The molecule has 0 saturated carbocycles. The summed E-state index contributed by atoms with van der Waals surface area (Å²) in [4.78, 5) is 26.0. The number of amides is 2. The largest absolute Gasteiger partial charge is 0.338 e. The maximum Gasteiger partial charge on any atom is 0.249 e. The predicted molar refractivity (Wildman–Crippen MR) is 80.6 cm³/mol. The molecule has 2 fully saturated rings. The second-order valence-corrected chi connectivity index (χ2v) is 8.01. The van der Waals surface area contributed by atoms with Crippen molar-refractivity contribution in [1.29, 1.82) is 0 Å². The molecule has 3 heterocycles. The molecule has 0 radical (unpaired) electrons. The summed E-state index contributed by atoms with van der Waals surface area (Å²) < 4.78 is -0.250. The van der Waals surface area contributed by atoms with Crippen LogP contribution in [0.15, 0.2) is 11.6 Å². The van der Waals surface area contributed by atoms with E-state index in [1.165, 1.54) is 6.08 Å². The van der Waals surface area contributed by atoms with Gasteiger partial charge in [-0.05, 0) is 27.7 Å². The molecule has 2 unspecified atom stereocenters. The van der Waals surface area contributed by atoms with Gasteiger partial charge in [0.2, 0.25) is 11.8 Å². The topological polar surface area (TPSA) is 104 Å². The van der Waals surface area contributed by atoms with Crippen molar-refractivity contribution in [3.63, 3.8) is 0 Å². The van der Waals surface area contributed by atoms with Gasteiger partial charge in [0.25, 0.3) is 0 Å². The first kappa shape index (κ1) is 15.0. The fourth-order valence-corrected chi connectivity index (χ4v) is 4.54. The van der Waals surface area contributed by atoms with Gasteiger partial charge in [0, 0.05) is 10.8 Å². The lowest BCUT2D eigenvalue weighted by molar-refractivity contribution is -0.151. The summed E-state index contributed by atoms with van der Waals surface area (Å²) in [6.45, 7) is 7.76. The normalized spacial score (nSPS) is 28.8. The van der Waals surface area contributed by atoms with Crippen LogP contribution in [0.5, 0.6) is 0 Å². The van der Waals surface area contributed by atoms with E-state index in [4.69, 9.17) is 0 Å². The summed E-state index contributed by atoms with van der Waals surface area (Å²) in [5.41, 5.74) is 0.894. The van der Waals surface area contributed by atoms with E-state index in [2.05, 4.69) is 25.9 Å². The molecule has 0 bridgehead atoms. The first-order valence-corrected chi connectivity index (χ1v) is 7.88. The van der Waals surface area contributed by atoms with Gasteiger partial charge in [-0.1, -0.05) is 10.8 Å². The number of fused-ring (bicyclic) bond motifs is 1. The van der Waals surface area contributed by atoms with Crippen molar-refractivity contribution in [3.05, 3.63) is 17.5 Å². The third-order valence-electron chi connectivity index (χ3n) is 3.76. The number of tetrazole rings is 1. The number of carbonyl (C=O) groups excluding carboxylic acids is 2. The third-order valence-corrected chi connectivity index (χ3v) is 5.34. The standard InChI is InChI=1S/C13H18N6O2S/c1-6(2)5-7(20)14-8-11(21)19-9(10-15-17-18-16-10)13(3,4)22-12(8)19/h5,8-9,12H,1-4H3,(H,14,20)(H,15,16,17,18)/t8?,9?,12-/m1/s1. The molecule has 22 heavy (non-hydrogen) atoms. The summed E-state index contributed by atoms with van der Waals surface area (Å²) in [7, 11) is 0. The van der Waals surface area contributed by atoms with Gasteiger partial charge in [-0.25, -0.2) is 0 Å². The van der Waals surface area contributed by atoms with Gasteiger partial charge in [-0.2, -0.15) is 5.21 Å². The molecule has 9 heteroatoms. The SMILES string of the molecule is CC(C)=CC(=O)NC1C(=O)N2C(c3nn[nH]n3)C(C)(C)S[C@H]12. The lowest BCUT2D eigenvalue weighted by Crippen LogP contribution is -2.67. The number of thioether (sulfide) groups is 1. The van der Waals surface area contributed by atoms with Crippen LogP contribution in [0.25, 0.3) is 0 Å². The Morgan fingerprint density at radius 3 is 2.77 bits per heavy atom. The third kappa shape index (κ3) is 2.29. The van der Waals surface area contributed by atoms with E-state index in [-0.39, 0.29) is 28.0 Å². The minimum Gasteiger partial charge on any atom is -0.338 e. The highest BCUT2D eigenvalue weighted by molar-refractivity contribution is 8.01. The van der Waals surface area contributed by atoms with Crippen LogP contribution in [0.4, 0.5) is 0 Å². The molecule has 3 atom stereocenters. The number of nitrogens with zero attached hydrogens (tertiary/aromatic N) is 4. The second-order valence-electron chi connectivity index (χ2n) is 6.24. The van der Waals surface area contributed by atoms with Gasteiger partial charge in [0.15, 0.2) is 5.82 Å². The molecule has 2 N–H and O–H groups in total. The average Bonchev–Trinajstić information content (AvgIpc) is 2.99. The maximum absolute atomic E-state index is 12.4. The Bertz CT molecular complexity index is 637. The summed E-state index contributed by atoms with van der Waals surface area (Å²) in [6.07, 6.45) is 1.50. The predicted octanol–water partition coefficient (Wildman–Crippen LogP) is 0.385. The van der Waals surface area contributed by atoms with E-state index < -0.39 is 6.04 Å². The van der Waals surface area contributed by atoms with Crippen molar-refractivity contribution in [2.24, 2.45) is 0 Å². The molecular formula is C13H18N6O2S. The summed E-state index contributed by atoms with van der Waals surface area (Å²) in [6, 6.07) is -0.741. The molecule has 2 aliphatic rings. The highest BCUT2D eigenvalue weighted by atomic mass is 32.2. The minimum absolute atomic E-state index is 0.0967. The number of rotatable bonds is 3. The van der Waals surface area contributed by atoms with Crippen molar-refractivity contribution < 1.29 is 9.59 Å². The number of aromatic amines is 1. The van der Waals surface area contributed by atoms with Crippen LogP contribution in [-0.4, -0.2) is 53.5 Å². The van der Waals surface area contributed by atoms with Gasteiger partial charge in [-0.15, -0.1) is 22.0 Å². The Kier molecular flexibility index (Phi) is 3.47. The molecule has 0 aromatic carbocycles. The van der Waals surface area contributed by atoms with Gasteiger partial charge in [0.05, 0.1) is 0 Å². The molecule has 2 amide bonds. The Morgan fingerprint density at radius 2 is 2.18 bits per heavy atom. The van der Waals surface area contributed by atoms with E-state index in [1.807, 2.05) is 27.7 Å². The summed E-state index contributed by atoms with van der Waals surface area (Å²) >= 11 is 1.64. The van der Waals surface area contributed by atoms with E-state index in [0.717, 1.165) is 5.57 Å². The fraction of sp³-hybridized carbons (Fsp3) is 0.615. The van der Waals surface area contributed by atoms with Crippen LogP contribution < -0.4 is 5.32 Å². The Labute approximate surface area is 132 Å².